The minimum Gasteiger partial charge on any atom is -0.450 e. The molecule has 0 spiro atoms. The fourth-order valence-corrected chi connectivity index (χ4v) is 2.07. The summed E-state index contributed by atoms with van der Waals surface area (Å²) < 4.78 is 4.94. The van der Waals surface area contributed by atoms with Gasteiger partial charge in [-0.05, 0) is 13.3 Å². The summed E-state index contributed by atoms with van der Waals surface area (Å²) in [6, 6.07) is 1.90. The number of carbonyl (C=O) groups excluding carboxylic acids is 2. The number of nitrogens with one attached hydrogen (secondary N) is 1. The molecule has 7 nitrogen and oxygen atoms in total. The second kappa shape index (κ2) is 9.90. The largest absolute Gasteiger partial charge is 0.450 e. The van der Waals surface area contributed by atoms with Crippen LogP contribution in [0.15, 0.2) is 11.8 Å². The zero-order valence-electron chi connectivity index (χ0n) is 12.7. The highest BCUT2D eigenvalue weighted by Gasteiger charge is 2.21. The van der Waals surface area contributed by atoms with Gasteiger partial charge in [0, 0.05) is 44.8 Å². The maximum atomic E-state index is 11.8. The van der Waals surface area contributed by atoms with Gasteiger partial charge in [-0.1, -0.05) is 0 Å². The number of nitrogens with zero attached hydrogens (tertiary/aromatic N) is 3. The van der Waals surface area contributed by atoms with Gasteiger partial charge in [-0.25, -0.2) is 4.79 Å². The third-order valence-electron chi connectivity index (χ3n) is 3.11. The maximum Gasteiger partial charge on any atom is 0.409 e. The molecule has 8 heteroatoms. The predicted octanol–water partition coefficient (Wildman–Crippen LogP) is 0.913. The maximum absolute atomic E-state index is 11.8. The Labute approximate surface area is 135 Å². The van der Waals surface area contributed by atoms with Crippen LogP contribution in [0.5, 0.6) is 0 Å². The Morgan fingerprint density at radius 1 is 1.36 bits per heavy atom. The molecule has 122 valence electrons. The number of halogens is 1. The number of piperazine rings is 1. The van der Waals surface area contributed by atoms with Gasteiger partial charge in [-0.3, -0.25) is 4.79 Å². The van der Waals surface area contributed by atoms with Crippen molar-refractivity contribution in [2.45, 2.75) is 13.3 Å². The monoisotopic (exact) mass is 328 g/mol. The lowest BCUT2D eigenvalue weighted by Gasteiger charge is -2.33. The summed E-state index contributed by atoms with van der Waals surface area (Å²) in [5.41, 5.74) is 0.0548. The van der Waals surface area contributed by atoms with Crippen LogP contribution in [0.4, 0.5) is 4.79 Å². The molecule has 1 N–H and O–H groups in total. The van der Waals surface area contributed by atoms with E-state index in [1.54, 1.807) is 18.0 Å². The van der Waals surface area contributed by atoms with E-state index in [2.05, 4.69) is 5.32 Å². The second-order valence-electron chi connectivity index (χ2n) is 4.67. The average molecular weight is 329 g/mol. The van der Waals surface area contributed by atoms with E-state index in [-0.39, 0.29) is 11.7 Å². The first-order valence-electron chi connectivity index (χ1n) is 7.24. The third kappa shape index (κ3) is 5.82. The van der Waals surface area contributed by atoms with Gasteiger partial charge in [0.15, 0.2) is 0 Å². The van der Waals surface area contributed by atoms with Crippen molar-refractivity contribution in [2.24, 2.45) is 0 Å². The van der Waals surface area contributed by atoms with Crippen LogP contribution in [-0.2, 0) is 9.53 Å². The van der Waals surface area contributed by atoms with Crippen molar-refractivity contribution >= 4 is 23.6 Å². The van der Waals surface area contributed by atoms with Gasteiger partial charge in [-0.2, -0.15) is 5.26 Å². The number of hydrogen-bond acceptors (Lipinski definition) is 5. The predicted molar refractivity (Wildman–Crippen MR) is 82.2 cm³/mol. The lowest BCUT2D eigenvalue weighted by atomic mass is 10.2. The van der Waals surface area contributed by atoms with E-state index in [0.29, 0.717) is 51.6 Å². The molecule has 1 aliphatic rings. The van der Waals surface area contributed by atoms with Crippen molar-refractivity contribution in [3.8, 4) is 6.07 Å². The zero-order chi connectivity index (χ0) is 16.4. The van der Waals surface area contributed by atoms with Gasteiger partial charge in [0.2, 0.25) is 0 Å². The van der Waals surface area contributed by atoms with Gasteiger partial charge in [0.05, 0.1) is 6.61 Å². The highest BCUT2D eigenvalue weighted by Crippen LogP contribution is 2.06. The van der Waals surface area contributed by atoms with Crippen LogP contribution < -0.4 is 5.32 Å². The summed E-state index contributed by atoms with van der Waals surface area (Å²) in [6.45, 7) is 4.67. The first-order valence-corrected chi connectivity index (χ1v) is 7.77. The SMILES string of the molecule is CCOC(=O)N1CCN(/C=C(/C#N)C(=O)NCCCCl)CC1. The molecule has 1 heterocycles. The van der Waals surface area contributed by atoms with Crippen LogP contribution in [-0.4, -0.2) is 67.0 Å². The molecule has 1 fully saturated rings. The first kappa shape index (κ1) is 18.1. The van der Waals surface area contributed by atoms with Gasteiger partial charge in [0.25, 0.3) is 5.91 Å². The Kier molecular flexibility index (Phi) is 8.15. The van der Waals surface area contributed by atoms with Crippen molar-refractivity contribution in [3.05, 3.63) is 11.8 Å². The molecular formula is C14H21ClN4O3. The molecule has 0 aromatic rings. The summed E-state index contributed by atoms with van der Waals surface area (Å²) in [5, 5.41) is 11.7. The molecule has 0 unspecified atom stereocenters. The molecule has 0 atom stereocenters. The molecule has 1 rings (SSSR count). The van der Waals surface area contributed by atoms with Crippen molar-refractivity contribution in [3.63, 3.8) is 0 Å². The standard InChI is InChI=1S/C14H21ClN4O3/c1-2-22-14(21)19-8-6-18(7-9-19)11-12(10-16)13(20)17-5-3-4-15/h11H,2-9H2,1H3,(H,17,20)/b12-11-. The lowest BCUT2D eigenvalue weighted by molar-refractivity contribution is -0.117. The molecule has 1 aliphatic heterocycles. The number of rotatable bonds is 6. The zero-order valence-corrected chi connectivity index (χ0v) is 13.4. The Hall–Kier alpha value is -1.94. The minimum absolute atomic E-state index is 0.0548. The molecule has 0 radical (unpaired) electrons. The minimum atomic E-state index is -0.402. The second-order valence-corrected chi connectivity index (χ2v) is 5.05. The van der Waals surface area contributed by atoms with E-state index < -0.39 is 5.91 Å². The quantitative estimate of drug-likeness (QED) is 0.339. The molecule has 22 heavy (non-hydrogen) atoms. The van der Waals surface area contributed by atoms with E-state index >= 15 is 0 Å². The highest BCUT2D eigenvalue weighted by atomic mass is 35.5. The molecule has 2 amide bonds. The summed E-state index contributed by atoms with van der Waals surface area (Å²) in [5.74, 6) is 0.0576. The summed E-state index contributed by atoms with van der Waals surface area (Å²) in [6.07, 6.45) is 1.87. The van der Waals surface area contributed by atoms with Crippen LogP contribution in [0.25, 0.3) is 0 Å². The molecule has 0 aromatic carbocycles. The van der Waals surface area contributed by atoms with Crippen molar-refractivity contribution in [1.29, 1.82) is 5.26 Å². The topological polar surface area (TPSA) is 85.7 Å². The number of alkyl halides is 1. The van der Waals surface area contributed by atoms with E-state index in [4.69, 9.17) is 21.6 Å². The van der Waals surface area contributed by atoms with E-state index in [9.17, 15) is 9.59 Å². The Morgan fingerprint density at radius 2 is 2.05 bits per heavy atom. The number of ether oxygens (including phenoxy) is 1. The summed E-state index contributed by atoms with van der Waals surface area (Å²) >= 11 is 5.53. The number of carbonyl (C=O) groups is 2. The summed E-state index contributed by atoms with van der Waals surface area (Å²) in [7, 11) is 0. The van der Waals surface area contributed by atoms with E-state index in [0.717, 1.165) is 0 Å². The van der Waals surface area contributed by atoms with Crippen LogP contribution >= 0.6 is 11.6 Å². The van der Waals surface area contributed by atoms with Crippen molar-refractivity contribution in [1.82, 2.24) is 15.1 Å². The van der Waals surface area contributed by atoms with E-state index in [1.165, 1.54) is 0 Å². The fourth-order valence-electron chi connectivity index (χ4n) is 1.93. The molecule has 0 aromatic heterocycles. The summed E-state index contributed by atoms with van der Waals surface area (Å²) in [4.78, 5) is 26.9. The molecule has 0 saturated carbocycles. The van der Waals surface area contributed by atoms with E-state index in [1.807, 2.05) is 11.0 Å². The number of hydrogen-bond donors (Lipinski definition) is 1. The fraction of sp³-hybridized carbons (Fsp3) is 0.643. The number of amides is 2. The average Bonchev–Trinajstić information content (AvgIpc) is 2.53. The van der Waals surface area contributed by atoms with Crippen LogP contribution in [0.3, 0.4) is 0 Å². The van der Waals surface area contributed by atoms with Crippen molar-refractivity contribution in [2.75, 3.05) is 45.2 Å². The molecular weight excluding hydrogens is 308 g/mol. The highest BCUT2D eigenvalue weighted by molar-refractivity contribution is 6.17. The van der Waals surface area contributed by atoms with Gasteiger partial charge in [0.1, 0.15) is 11.6 Å². The van der Waals surface area contributed by atoms with Crippen LogP contribution in [0, 0.1) is 11.3 Å². The Balaban J connectivity index is 2.49. The van der Waals surface area contributed by atoms with Gasteiger partial charge >= 0.3 is 6.09 Å². The molecule has 0 bridgehead atoms. The molecule has 0 aliphatic carbocycles. The smallest absolute Gasteiger partial charge is 0.409 e. The normalized spacial score (nSPS) is 15.2. The van der Waals surface area contributed by atoms with Crippen LogP contribution in [0.1, 0.15) is 13.3 Å². The van der Waals surface area contributed by atoms with Crippen LogP contribution in [0.2, 0.25) is 0 Å². The van der Waals surface area contributed by atoms with Crippen molar-refractivity contribution < 1.29 is 14.3 Å². The van der Waals surface area contributed by atoms with Gasteiger partial charge < -0.3 is 19.9 Å². The number of nitriles is 1. The lowest BCUT2D eigenvalue weighted by Crippen LogP contribution is -2.47. The molecule has 1 saturated heterocycles. The van der Waals surface area contributed by atoms with Gasteiger partial charge in [-0.15, -0.1) is 11.6 Å². The first-order chi connectivity index (χ1) is 10.6. The Bertz CT molecular complexity index is 453. The Morgan fingerprint density at radius 3 is 2.59 bits per heavy atom. The third-order valence-corrected chi connectivity index (χ3v) is 3.38.